The molecule has 258 valence electrons. The number of ether oxygens (including phenoxy) is 2. The molecule has 9 nitrogen and oxygen atoms in total. The van der Waals surface area contributed by atoms with Crippen LogP contribution in [0, 0.1) is 0 Å². The Morgan fingerprint density at radius 1 is 0.875 bits per heavy atom. The molecular weight excluding hydrogens is 630 g/mol. The molecule has 5 rings (SSSR count). The number of rotatable bonds is 14. The minimum atomic E-state index is -0.868. The first-order chi connectivity index (χ1) is 23.2. The van der Waals surface area contributed by atoms with E-state index < -0.39 is 11.9 Å². The third kappa shape index (κ3) is 10.3. The number of aliphatic hydroxyl groups is 2. The predicted octanol–water partition coefficient (Wildman–Crippen LogP) is 5.67. The summed E-state index contributed by atoms with van der Waals surface area (Å²) in [4.78, 5) is 25.7. The number of unbranched alkanes of at least 4 members (excludes halogenated alkanes) is 2. The van der Waals surface area contributed by atoms with Crippen LogP contribution in [-0.4, -0.2) is 59.2 Å². The van der Waals surface area contributed by atoms with E-state index in [1.165, 1.54) is 6.92 Å². The highest BCUT2D eigenvalue weighted by molar-refractivity contribution is 6.30. The summed E-state index contributed by atoms with van der Waals surface area (Å²) in [5.74, 6) is -0.0172. The summed E-state index contributed by atoms with van der Waals surface area (Å²) in [6, 6.07) is 23.3. The number of halogens is 1. The molecule has 0 radical (unpaired) electrons. The fourth-order valence-electron chi connectivity index (χ4n) is 6.41. The van der Waals surface area contributed by atoms with E-state index in [2.05, 4.69) is 15.5 Å². The minimum absolute atomic E-state index is 0.00969. The third-order valence-electron chi connectivity index (χ3n) is 9.34. The second-order valence-corrected chi connectivity index (χ2v) is 13.4. The van der Waals surface area contributed by atoms with Crippen LogP contribution in [0.4, 0.5) is 0 Å². The van der Waals surface area contributed by atoms with Gasteiger partial charge >= 0.3 is 0 Å². The van der Waals surface area contributed by atoms with Gasteiger partial charge in [-0.15, -0.1) is 0 Å². The molecule has 0 aliphatic carbocycles. The smallest absolute Gasteiger partial charge is 0.220 e. The summed E-state index contributed by atoms with van der Waals surface area (Å²) in [5, 5.41) is 27.3. The highest BCUT2D eigenvalue weighted by atomic mass is 35.5. The monoisotopic (exact) mass is 677 g/mol. The lowest BCUT2D eigenvalue weighted by molar-refractivity contribution is -0.253. The number of piperidine rings is 1. The summed E-state index contributed by atoms with van der Waals surface area (Å²) >= 11 is 6.07. The van der Waals surface area contributed by atoms with E-state index in [1.54, 1.807) is 0 Å². The van der Waals surface area contributed by atoms with E-state index in [-0.39, 0.29) is 30.6 Å². The molecule has 2 amide bonds. The van der Waals surface area contributed by atoms with Crippen molar-refractivity contribution in [2.75, 3.05) is 26.2 Å². The molecule has 2 aliphatic heterocycles. The van der Waals surface area contributed by atoms with E-state index in [4.69, 9.17) is 21.1 Å². The van der Waals surface area contributed by atoms with Gasteiger partial charge in [0.2, 0.25) is 11.8 Å². The number of nitrogens with zero attached hydrogens (tertiary/aromatic N) is 1. The number of aliphatic hydroxyl groups excluding tert-OH is 1. The van der Waals surface area contributed by atoms with Crippen LogP contribution in [0.15, 0.2) is 72.8 Å². The SMILES string of the molecule is CC(=O)NCCCCCC(=O)NCc1ccc(C2OC(CN3CCC(O)(c4ccc(Cl)cc4)CC3)CC(c3ccc(CO)cc3)O2)cc1. The van der Waals surface area contributed by atoms with Gasteiger partial charge in [-0.05, 0) is 60.1 Å². The van der Waals surface area contributed by atoms with Crippen molar-refractivity contribution in [2.24, 2.45) is 0 Å². The molecule has 4 N–H and O–H groups in total. The van der Waals surface area contributed by atoms with Gasteiger partial charge in [0, 0.05) is 63.1 Å². The van der Waals surface area contributed by atoms with Gasteiger partial charge in [0.1, 0.15) is 0 Å². The van der Waals surface area contributed by atoms with Crippen LogP contribution in [0.5, 0.6) is 0 Å². The number of carbonyl (C=O) groups is 2. The molecule has 10 heteroatoms. The van der Waals surface area contributed by atoms with E-state index in [1.807, 2.05) is 72.8 Å². The van der Waals surface area contributed by atoms with Crippen LogP contribution in [0.1, 0.15) is 92.1 Å². The largest absolute Gasteiger partial charge is 0.392 e. The second kappa shape index (κ2) is 17.4. The molecule has 48 heavy (non-hydrogen) atoms. The molecule has 3 unspecified atom stereocenters. The fraction of sp³-hybridized carbons (Fsp3) is 0.474. The van der Waals surface area contributed by atoms with Gasteiger partial charge in [0.15, 0.2) is 6.29 Å². The molecule has 0 bridgehead atoms. The van der Waals surface area contributed by atoms with E-state index in [0.29, 0.717) is 43.8 Å². The van der Waals surface area contributed by atoms with Crippen LogP contribution >= 0.6 is 11.6 Å². The van der Waals surface area contributed by atoms with Gasteiger partial charge in [-0.3, -0.25) is 9.59 Å². The molecule has 2 aliphatic rings. The summed E-state index contributed by atoms with van der Waals surface area (Å²) < 4.78 is 13.1. The van der Waals surface area contributed by atoms with Crippen molar-refractivity contribution >= 4 is 23.4 Å². The van der Waals surface area contributed by atoms with Crippen molar-refractivity contribution in [1.29, 1.82) is 0 Å². The molecule has 0 saturated carbocycles. The van der Waals surface area contributed by atoms with Crippen LogP contribution in [0.25, 0.3) is 0 Å². The highest BCUT2D eigenvalue weighted by Crippen LogP contribution is 2.39. The quantitative estimate of drug-likeness (QED) is 0.162. The fourth-order valence-corrected chi connectivity index (χ4v) is 6.53. The molecule has 2 fully saturated rings. The molecule has 2 saturated heterocycles. The summed E-state index contributed by atoms with van der Waals surface area (Å²) in [7, 11) is 0. The van der Waals surface area contributed by atoms with Crippen molar-refractivity contribution in [3.8, 4) is 0 Å². The zero-order valence-electron chi connectivity index (χ0n) is 27.7. The second-order valence-electron chi connectivity index (χ2n) is 13.0. The van der Waals surface area contributed by atoms with Crippen molar-refractivity contribution in [3.05, 3.63) is 106 Å². The van der Waals surface area contributed by atoms with Crippen LogP contribution in [-0.2, 0) is 37.8 Å². The average Bonchev–Trinajstić information content (AvgIpc) is 3.10. The zero-order valence-corrected chi connectivity index (χ0v) is 28.5. The van der Waals surface area contributed by atoms with Crippen molar-refractivity contribution in [3.63, 3.8) is 0 Å². The number of nitrogens with one attached hydrogen (secondary N) is 2. The van der Waals surface area contributed by atoms with Crippen molar-refractivity contribution < 1.29 is 29.3 Å². The Morgan fingerprint density at radius 2 is 1.54 bits per heavy atom. The Hall–Kier alpha value is -3.31. The Labute approximate surface area is 288 Å². The molecule has 3 atom stereocenters. The third-order valence-corrected chi connectivity index (χ3v) is 9.59. The molecule has 3 aromatic rings. The number of likely N-dealkylation sites (tertiary alicyclic amines) is 1. The maximum absolute atomic E-state index is 12.3. The highest BCUT2D eigenvalue weighted by Gasteiger charge is 2.37. The minimum Gasteiger partial charge on any atom is -0.392 e. The van der Waals surface area contributed by atoms with Gasteiger partial charge in [0.05, 0.1) is 24.4 Å². The van der Waals surface area contributed by atoms with Crippen LogP contribution < -0.4 is 10.6 Å². The van der Waals surface area contributed by atoms with E-state index in [9.17, 15) is 19.8 Å². The maximum Gasteiger partial charge on any atom is 0.220 e. The van der Waals surface area contributed by atoms with Gasteiger partial charge in [-0.25, -0.2) is 0 Å². The number of amides is 2. The number of benzene rings is 3. The zero-order chi connectivity index (χ0) is 33.9. The van der Waals surface area contributed by atoms with E-state index >= 15 is 0 Å². The number of hydrogen-bond donors (Lipinski definition) is 4. The maximum atomic E-state index is 12.3. The first-order valence-electron chi connectivity index (χ1n) is 17.0. The van der Waals surface area contributed by atoms with Gasteiger partial charge in [-0.1, -0.05) is 78.7 Å². The first-order valence-corrected chi connectivity index (χ1v) is 17.4. The van der Waals surface area contributed by atoms with Gasteiger partial charge in [0.25, 0.3) is 0 Å². The lowest BCUT2D eigenvalue weighted by atomic mass is 9.84. The Bertz CT molecular complexity index is 1460. The topological polar surface area (TPSA) is 120 Å². The lowest BCUT2D eigenvalue weighted by Gasteiger charge is -2.42. The molecule has 0 spiro atoms. The molecule has 0 aromatic heterocycles. The Kier molecular flexibility index (Phi) is 13.0. The predicted molar refractivity (Wildman–Crippen MR) is 185 cm³/mol. The van der Waals surface area contributed by atoms with Crippen molar-refractivity contribution in [2.45, 2.75) is 89.1 Å². The van der Waals surface area contributed by atoms with Crippen molar-refractivity contribution in [1.82, 2.24) is 15.5 Å². The normalized spacial score (nSPS) is 21.0. The first kappa shape index (κ1) is 36.0. The molecule has 3 aromatic carbocycles. The summed E-state index contributed by atoms with van der Waals surface area (Å²) in [5.41, 5.74) is 3.82. The number of hydrogen-bond acceptors (Lipinski definition) is 7. The van der Waals surface area contributed by atoms with E-state index in [0.717, 1.165) is 66.7 Å². The van der Waals surface area contributed by atoms with Gasteiger partial charge < -0.3 is 35.2 Å². The Morgan fingerprint density at radius 3 is 2.21 bits per heavy atom. The Balaban J connectivity index is 1.17. The van der Waals surface area contributed by atoms with Crippen LogP contribution in [0.3, 0.4) is 0 Å². The summed E-state index contributed by atoms with van der Waals surface area (Å²) in [6.45, 7) is 4.80. The molecular formula is C38H48ClN3O6. The summed E-state index contributed by atoms with van der Waals surface area (Å²) in [6.07, 6.45) is 4.09. The number of carbonyl (C=O) groups excluding carboxylic acids is 2. The molecule has 2 heterocycles. The average molecular weight is 678 g/mol. The van der Waals surface area contributed by atoms with Crippen LogP contribution in [0.2, 0.25) is 5.02 Å². The van der Waals surface area contributed by atoms with Gasteiger partial charge in [-0.2, -0.15) is 0 Å². The lowest BCUT2D eigenvalue weighted by Crippen LogP contribution is -2.46. The standard InChI is InChI=1S/C38H48ClN3O6/c1-27(44)40-20-4-2-3-5-36(45)41-24-28-6-12-31(13-7-28)37-47-34(23-35(48-37)30-10-8-29(26-43)9-11-30)25-42-21-18-38(46,19-22-42)32-14-16-33(39)17-15-32/h6-17,34-35,37,43,46H,2-5,18-26H2,1H3,(H,40,44)(H,41,45).